The third-order valence-corrected chi connectivity index (χ3v) is 4.99. The van der Waals surface area contributed by atoms with E-state index in [1.54, 1.807) is 23.0 Å². The van der Waals surface area contributed by atoms with Crippen molar-refractivity contribution in [2.75, 3.05) is 25.6 Å². The van der Waals surface area contributed by atoms with Gasteiger partial charge in [-0.3, -0.25) is 9.36 Å². The highest BCUT2D eigenvalue weighted by atomic mass is 16.5. The Morgan fingerprint density at radius 3 is 3.00 bits per heavy atom. The minimum Gasteiger partial charge on any atom is -0.379 e. The smallest absolute Gasteiger partial charge is 0.263 e. The third-order valence-electron chi connectivity index (χ3n) is 4.99. The van der Waals surface area contributed by atoms with E-state index in [-0.39, 0.29) is 17.5 Å². The molecule has 4 heterocycles. The normalized spacial score (nSPS) is 17.3. The van der Waals surface area contributed by atoms with Crippen LogP contribution in [0.5, 0.6) is 0 Å². The van der Waals surface area contributed by atoms with E-state index in [1.165, 1.54) is 0 Å². The number of nitrogens with zero attached hydrogens (tertiary/aromatic N) is 5. The zero-order valence-corrected chi connectivity index (χ0v) is 16.1. The molecule has 0 unspecified atom stereocenters. The molecule has 148 valence electrons. The molecule has 0 amide bonds. The predicted molar refractivity (Wildman–Crippen MR) is 105 cm³/mol. The lowest BCUT2D eigenvalue weighted by Crippen LogP contribution is -2.32. The summed E-state index contributed by atoms with van der Waals surface area (Å²) in [6.45, 7) is 5.86. The van der Waals surface area contributed by atoms with Crippen molar-refractivity contribution in [1.82, 2.24) is 24.1 Å². The monoisotopic (exact) mass is 384 g/mol. The molecule has 0 bridgehead atoms. The first-order valence-electron chi connectivity index (χ1n) is 9.46. The van der Waals surface area contributed by atoms with E-state index in [9.17, 15) is 4.79 Å². The van der Waals surface area contributed by atoms with E-state index in [4.69, 9.17) is 15.2 Å². The molecule has 2 N–H and O–H groups in total. The van der Waals surface area contributed by atoms with Gasteiger partial charge >= 0.3 is 0 Å². The summed E-state index contributed by atoms with van der Waals surface area (Å²) in [4.78, 5) is 26.6. The highest BCUT2D eigenvalue weighted by molar-refractivity contribution is 5.83. The average Bonchev–Trinajstić information content (AvgIpc) is 3.15. The number of hydrogen-bond acceptors (Lipinski definition) is 7. The molecular weight excluding hydrogens is 360 g/mol. The SMILES string of the molecule is CCOCn1ccnc1-c1cc2c(C)nc(N)nc2n([C@@H]2CCCOC2)c1=O. The fourth-order valence-corrected chi connectivity index (χ4v) is 3.65. The lowest BCUT2D eigenvalue weighted by molar-refractivity contribution is 0.0593. The summed E-state index contributed by atoms with van der Waals surface area (Å²) in [5.74, 6) is 0.711. The quantitative estimate of drug-likeness (QED) is 0.715. The van der Waals surface area contributed by atoms with Crippen LogP contribution in [-0.4, -0.2) is 43.9 Å². The van der Waals surface area contributed by atoms with Crippen molar-refractivity contribution < 1.29 is 9.47 Å². The predicted octanol–water partition coefficient (Wildman–Crippen LogP) is 1.89. The zero-order valence-electron chi connectivity index (χ0n) is 16.1. The molecule has 0 saturated carbocycles. The van der Waals surface area contributed by atoms with Gasteiger partial charge in [0.2, 0.25) is 5.95 Å². The molecular formula is C19H24N6O3. The summed E-state index contributed by atoms with van der Waals surface area (Å²) in [7, 11) is 0. The van der Waals surface area contributed by atoms with Gasteiger partial charge in [0.25, 0.3) is 5.56 Å². The Labute approximate surface area is 162 Å². The third kappa shape index (κ3) is 3.27. The van der Waals surface area contributed by atoms with Crippen molar-refractivity contribution in [3.63, 3.8) is 0 Å². The van der Waals surface area contributed by atoms with E-state index in [2.05, 4.69) is 15.0 Å². The zero-order chi connectivity index (χ0) is 19.7. The van der Waals surface area contributed by atoms with Crippen molar-refractivity contribution >= 4 is 17.0 Å². The molecule has 0 spiro atoms. The van der Waals surface area contributed by atoms with Gasteiger partial charge in [-0.2, -0.15) is 4.98 Å². The number of aryl methyl sites for hydroxylation is 1. The lowest BCUT2D eigenvalue weighted by Gasteiger charge is -2.26. The van der Waals surface area contributed by atoms with Gasteiger partial charge in [-0.15, -0.1) is 0 Å². The number of anilines is 1. The summed E-state index contributed by atoms with van der Waals surface area (Å²) in [6.07, 6.45) is 5.20. The van der Waals surface area contributed by atoms with Gasteiger partial charge in [-0.25, -0.2) is 9.97 Å². The summed E-state index contributed by atoms with van der Waals surface area (Å²) in [5.41, 5.74) is 7.46. The number of nitrogen functional groups attached to an aromatic ring is 1. The number of pyridine rings is 1. The van der Waals surface area contributed by atoms with Gasteiger partial charge in [0, 0.05) is 31.0 Å². The van der Waals surface area contributed by atoms with Crippen molar-refractivity contribution in [2.24, 2.45) is 0 Å². The number of ether oxygens (including phenoxy) is 2. The van der Waals surface area contributed by atoms with Crippen LogP contribution in [0.2, 0.25) is 0 Å². The minimum atomic E-state index is -0.163. The number of aromatic nitrogens is 5. The highest BCUT2D eigenvalue weighted by Gasteiger charge is 2.24. The summed E-state index contributed by atoms with van der Waals surface area (Å²) >= 11 is 0. The number of rotatable bonds is 5. The molecule has 1 fully saturated rings. The largest absolute Gasteiger partial charge is 0.379 e. The molecule has 1 aliphatic heterocycles. The van der Waals surface area contributed by atoms with Crippen LogP contribution in [0.3, 0.4) is 0 Å². The molecule has 9 nitrogen and oxygen atoms in total. The standard InChI is InChI=1S/C19H24N6O3/c1-3-27-11-24-7-6-21-16(24)15-9-14-12(2)22-19(20)23-17(14)25(18(15)26)13-5-4-8-28-10-13/h6-7,9,13H,3-5,8,10-11H2,1-2H3,(H2,20,22,23)/t13-/m1/s1. The maximum absolute atomic E-state index is 13.5. The van der Waals surface area contributed by atoms with Crippen LogP contribution in [0.25, 0.3) is 22.4 Å². The van der Waals surface area contributed by atoms with Crippen molar-refractivity contribution in [1.29, 1.82) is 0 Å². The summed E-state index contributed by atoms with van der Waals surface area (Å²) in [6, 6.07) is 1.70. The number of hydrogen-bond donors (Lipinski definition) is 1. The summed E-state index contributed by atoms with van der Waals surface area (Å²) in [5, 5.41) is 0.778. The van der Waals surface area contributed by atoms with Gasteiger partial charge in [0.1, 0.15) is 18.2 Å². The van der Waals surface area contributed by atoms with Crippen LogP contribution >= 0.6 is 0 Å². The first-order chi connectivity index (χ1) is 13.6. The molecule has 9 heteroatoms. The van der Waals surface area contributed by atoms with Crippen molar-refractivity contribution in [3.05, 3.63) is 34.5 Å². The van der Waals surface area contributed by atoms with Crippen molar-refractivity contribution in [3.8, 4) is 11.4 Å². The second kappa shape index (κ2) is 7.69. The average molecular weight is 384 g/mol. The minimum absolute atomic E-state index is 0.104. The van der Waals surface area contributed by atoms with E-state index < -0.39 is 0 Å². The van der Waals surface area contributed by atoms with E-state index in [0.29, 0.717) is 43.6 Å². The number of fused-ring (bicyclic) bond motifs is 1. The Kier molecular flexibility index (Phi) is 5.10. The Hall–Kier alpha value is -2.78. The molecule has 28 heavy (non-hydrogen) atoms. The van der Waals surface area contributed by atoms with E-state index in [1.807, 2.05) is 18.4 Å². The van der Waals surface area contributed by atoms with Crippen LogP contribution in [-0.2, 0) is 16.2 Å². The Morgan fingerprint density at radius 2 is 2.25 bits per heavy atom. The topological polar surface area (TPSA) is 110 Å². The van der Waals surface area contributed by atoms with Crippen molar-refractivity contribution in [2.45, 2.75) is 39.5 Å². The second-order valence-electron chi connectivity index (χ2n) is 6.85. The van der Waals surface area contributed by atoms with Gasteiger partial charge in [0.05, 0.1) is 23.9 Å². The fourth-order valence-electron chi connectivity index (χ4n) is 3.65. The first kappa shape index (κ1) is 18.6. The molecule has 4 rings (SSSR count). The van der Waals surface area contributed by atoms with Gasteiger partial charge in [-0.1, -0.05) is 0 Å². The van der Waals surface area contributed by atoms with Gasteiger partial charge < -0.3 is 19.8 Å². The molecule has 1 saturated heterocycles. The molecule has 0 radical (unpaired) electrons. The molecule has 3 aromatic rings. The first-order valence-corrected chi connectivity index (χ1v) is 9.46. The van der Waals surface area contributed by atoms with Crippen LogP contribution < -0.4 is 11.3 Å². The van der Waals surface area contributed by atoms with Crippen LogP contribution in [0.1, 0.15) is 31.5 Å². The summed E-state index contributed by atoms with van der Waals surface area (Å²) < 4.78 is 14.7. The van der Waals surface area contributed by atoms with E-state index in [0.717, 1.165) is 23.9 Å². The Bertz CT molecular complexity index is 1050. The van der Waals surface area contributed by atoms with Gasteiger partial charge in [-0.05, 0) is 32.8 Å². The lowest BCUT2D eigenvalue weighted by atomic mass is 10.1. The maximum atomic E-state index is 13.5. The number of imidazole rings is 1. The number of nitrogens with two attached hydrogens (primary N) is 1. The molecule has 0 aromatic carbocycles. The highest BCUT2D eigenvalue weighted by Crippen LogP contribution is 2.27. The molecule has 0 aliphatic carbocycles. The Morgan fingerprint density at radius 1 is 1.39 bits per heavy atom. The molecule has 3 aromatic heterocycles. The van der Waals surface area contributed by atoms with Crippen LogP contribution in [0.15, 0.2) is 23.3 Å². The Balaban J connectivity index is 1.97. The molecule has 1 atom stereocenters. The maximum Gasteiger partial charge on any atom is 0.263 e. The van der Waals surface area contributed by atoms with E-state index >= 15 is 0 Å². The molecule has 1 aliphatic rings. The van der Waals surface area contributed by atoms with Crippen LogP contribution in [0.4, 0.5) is 5.95 Å². The fraction of sp³-hybridized carbons (Fsp3) is 0.474. The van der Waals surface area contributed by atoms with Crippen LogP contribution in [0, 0.1) is 6.92 Å². The van der Waals surface area contributed by atoms with Gasteiger partial charge in [0.15, 0.2) is 0 Å². The second-order valence-corrected chi connectivity index (χ2v) is 6.85.